The van der Waals surface area contributed by atoms with Crippen LogP contribution in [-0.2, 0) is 27.3 Å². The molecule has 2 fully saturated rings. The van der Waals surface area contributed by atoms with Gasteiger partial charge in [-0.3, -0.25) is 9.59 Å². The molecule has 9 nitrogen and oxygen atoms in total. The molecule has 6 rings (SSSR count). The number of rotatable bonds is 8. The summed E-state index contributed by atoms with van der Waals surface area (Å²) in [6.45, 7) is 1.49. The molecule has 0 saturated carbocycles. The molecule has 2 aromatic carbocycles. The maximum atomic E-state index is 13.5. The van der Waals surface area contributed by atoms with Gasteiger partial charge in [-0.05, 0) is 41.8 Å². The Morgan fingerprint density at radius 2 is 1.89 bits per heavy atom. The third-order valence-corrected chi connectivity index (χ3v) is 7.45. The van der Waals surface area contributed by atoms with Crippen LogP contribution in [0.15, 0.2) is 48.6 Å². The molecular weight excluding hydrogens is 464 g/mol. The highest BCUT2D eigenvalue weighted by atomic mass is 16.7. The second-order valence-electron chi connectivity index (χ2n) is 9.51. The maximum absolute atomic E-state index is 13.5. The van der Waals surface area contributed by atoms with E-state index in [1.165, 1.54) is 0 Å². The molecule has 4 aliphatic heterocycles. The Bertz CT molecular complexity index is 1240. The molecule has 188 valence electrons. The van der Waals surface area contributed by atoms with Crippen molar-refractivity contribution in [3.63, 3.8) is 0 Å². The molecule has 0 aliphatic carbocycles. The highest BCUT2D eigenvalue weighted by Crippen LogP contribution is 2.52. The zero-order valence-electron chi connectivity index (χ0n) is 20.2. The largest absolute Gasteiger partial charge is 0.493 e. The molecule has 36 heavy (non-hydrogen) atoms. The van der Waals surface area contributed by atoms with Gasteiger partial charge < -0.3 is 33.9 Å². The molecule has 1 N–H and O–H groups in total. The normalized spacial score (nSPS) is 26.9. The smallest absolute Gasteiger partial charge is 0.231 e. The van der Waals surface area contributed by atoms with Crippen LogP contribution in [-0.4, -0.2) is 62.5 Å². The number of likely N-dealkylation sites (tertiary alicyclic amines) is 1. The molecule has 0 aromatic heterocycles. The summed E-state index contributed by atoms with van der Waals surface area (Å²) >= 11 is 0. The number of nitrogens with zero attached hydrogens (tertiary/aromatic N) is 1. The number of carbonyl (C=O) groups is 2. The van der Waals surface area contributed by atoms with Crippen molar-refractivity contribution in [1.29, 1.82) is 0 Å². The second kappa shape index (κ2) is 8.74. The number of nitrogens with one attached hydrogen (secondary N) is 1. The van der Waals surface area contributed by atoms with Crippen molar-refractivity contribution in [3.8, 4) is 23.0 Å². The van der Waals surface area contributed by atoms with Crippen molar-refractivity contribution >= 4 is 11.8 Å². The lowest BCUT2D eigenvalue weighted by atomic mass is 9.77. The third-order valence-electron chi connectivity index (χ3n) is 7.45. The first kappa shape index (κ1) is 22.7. The third kappa shape index (κ3) is 3.65. The Hall–Kier alpha value is -3.72. The Morgan fingerprint density at radius 3 is 2.72 bits per heavy atom. The number of benzene rings is 2. The summed E-state index contributed by atoms with van der Waals surface area (Å²) < 4.78 is 27.7. The predicted octanol–water partition coefficient (Wildman–Crippen LogP) is 2.07. The average Bonchev–Trinajstić information content (AvgIpc) is 3.65. The van der Waals surface area contributed by atoms with Crippen LogP contribution < -0.4 is 24.3 Å². The SMILES string of the molecule is COc1ccc(CCNC(=O)[C@H]2[C@H]3C=C[C@]4(CN(Cc5ccc6c(c5)OCO6)C(=O)[C@@H]24)O3)cc1OC. The lowest BCUT2D eigenvalue weighted by Crippen LogP contribution is -2.44. The van der Waals surface area contributed by atoms with Crippen LogP contribution in [0, 0.1) is 11.8 Å². The summed E-state index contributed by atoms with van der Waals surface area (Å²) in [5.41, 5.74) is 1.21. The molecule has 4 heterocycles. The molecule has 4 aliphatic rings. The lowest BCUT2D eigenvalue weighted by Gasteiger charge is -2.23. The fraction of sp³-hybridized carbons (Fsp3) is 0.407. The average molecular weight is 493 g/mol. The highest BCUT2D eigenvalue weighted by molar-refractivity contribution is 5.93. The topological polar surface area (TPSA) is 95.6 Å². The number of ether oxygens (including phenoxy) is 5. The molecular formula is C27H28N2O7. The Balaban J connectivity index is 1.12. The standard InChI is InChI=1S/C27H28N2O7/c1-32-18-5-3-16(11-21(18)33-2)8-10-28-25(30)23-20-7-9-27(36-20)14-29(26(31)24(23)27)13-17-4-6-19-22(12-17)35-15-34-19/h3-7,9,11-12,20,23-24H,8,10,13-15H2,1-2H3,(H,28,30)/t20-,23+,24-,27-/m1/s1. The van der Waals surface area contributed by atoms with E-state index in [0.29, 0.717) is 49.1 Å². The van der Waals surface area contributed by atoms with Crippen LogP contribution in [0.4, 0.5) is 0 Å². The first-order chi connectivity index (χ1) is 17.5. The molecule has 2 amide bonds. The monoisotopic (exact) mass is 492 g/mol. The molecule has 9 heteroatoms. The van der Waals surface area contributed by atoms with Crippen molar-refractivity contribution in [2.45, 2.75) is 24.7 Å². The van der Waals surface area contributed by atoms with E-state index < -0.39 is 17.4 Å². The number of methoxy groups -OCH3 is 2. The van der Waals surface area contributed by atoms with Gasteiger partial charge in [0.15, 0.2) is 23.0 Å². The van der Waals surface area contributed by atoms with Gasteiger partial charge in [0, 0.05) is 13.1 Å². The number of hydrogen-bond donors (Lipinski definition) is 1. The van der Waals surface area contributed by atoms with Gasteiger partial charge in [-0.15, -0.1) is 0 Å². The van der Waals surface area contributed by atoms with Crippen LogP contribution in [0.5, 0.6) is 23.0 Å². The molecule has 4 atom stereocenters. The first-order valence-corrected chi connectivity index (χ1v) is 12.0. The number of carbonyl (C=O) groups excluding carboxylic acids is 2. The van der Waals surface area contributed by atoms with Crippen molar-refractivity contribution in [3.05, 3.63) is 59.7 Å². The van der Waals surface area contributed by atoms with Gasteiger partial charge in [-0.25, -0.2) is 0 Å². The number of fused-ring (bicyclic) bond motifs is 2. The van der Waals surface area contributed by atoms with Gasteiger partial charge in [-0.2, -0.15) is 0 Å². The van der Waals surface area contributed by atoms with Crippen molar-refractivity contribution in [1.82, 2.24) is 10.2 Å². The Kier molecular flexibility index (Phi) is 5.52. The maximum Gasteiger partial charge on any atom is 0.231 e. The molecule has 0 unspecified atom stereocenters. The summed E-state index contributed by atoms with van der Waals surface area (Å²) in [5, 5.41) is 3.02. The number of hydrogen-bond acceptors (Lipinski definition) is 7. The zero-order chi connectivity index (χ0) is 24.9. The van der Waals surface area contributed by atoms with Gasteiger partial charge in [0.2, 0.25) is 18.6 Å². The van der Waals surface area contributed by atoms with E-state index >= 15 is 0 Å². The van der Waals surface area contributed by atoms with Gasteiger partial charge in [0.25, 0.3) is 0 Å². The second-order valence-corrected chi connectivity index (χ2v) is 9.51. The van der Waals surface area contributed by atoms with Gasteiger partial charge in [0.05, 0.1) is 38.7 Å². The summed E-state index contributed by atoms with van der Waals surface area (Å²) in [4.78, 5) is 28.5. The predicted molar refractivity (Wildman–Crippen MR) is 128 cm³/mol. The van der Waals surface area contributed by atoms with E-state index in [9.17, 15) is 9.59 Å². The van der Waals surface area contributed by atoms with Gasteiger partial charge >= 0.3 is 0 Å². The minimum Gasteiger partial charge on any atom is -0.493 e. The summed E-state index contributed by atoms with van der Waals surface area (Å²) in [5.74, 6) is 1.41. The van der Waals surface area contributed by atoms with Crippen LogP contribution in [0.1, 0.15) is 11.1 Å². The van der Waals surface area contributed by atoms with E-state index in [2.05, 4.69) is 5.32 Å². The van der Waals surface area contributed by atoms with Crippen LogP contribution in [0.25, 0.3) is 0 Å². The van der Waals surface area contributed by atoms with Crippen LogP contribution in [0.2, 0.25) is 0 Å². The minimum absolute atomic E-state index is 0.0560. The van der Waals surface area contributed by atoms with Gasteiger partial charge in [0.1, 0.15) is 5.60 Å². The lowest BCUT2D eigenvalue weighted by molar-refractivity contribution is -0.137. The van der Waals surface area contributed by atoms with Crippen LogP contribution in [0.3, 0.4) is 0 Å². The van der Waals surface area contributed by atoms with Crippen molar-refractivity contribution < 1.29 is 33.3 Å². The van der Waals surface area contributed by atoms with E-state index in [4.69, 9.17) is 23.7 Å². The fourth-order valence-corrected chi connectivity index (χ4v) is 5.76. The van der Waals surface area contributed by atoms with E-state index in [-0.39, 0.29) is 24.7 Å². The highest BCUT2D eigenvalue weighted by Gasteiger charge is 2.66. The molecule has 0 radical (unpaired) electrons. The molecule has 1 spiro atoms. The zero-order valence-corrected chi connectivity index (χ0v) is 20.2. The van der Waals surface area contributed by atoms with E-state index in [1.54, 1.807) is 19.1 Å². The Labute approximate surface area is 208 Å². The molecule has 2 aromatic rings. The van der Waals surface area contributed by atoms with E-state index in [1.807, 2.05) is 48.6 Å². The number of amides is 2. The first-order valence-electron chi connectivity index (χ1n) is 12.0. The van der Waals surface area contributed by atoms with Crippen molar-refractivity contribution in [2.75, 3.05) is 34.1 Å². The quantitative estimate of drug-likeness (QED) is 0.564. The Morgan fingerprint density at radius 1 is 1.08 bits per heavy atom. The molecule has 2 saturated heterocycles. The molecule has 2 bridgehead atoms. The van der Waals surface area contributed by atoms with Crippen molar-refractivity contribution in [2.24, 2.45) is 11.8 Å². The minimum atomic E-state index is -0.747. The summed E-state index contributed by atoms with van der Waals surface area (Å²) in [7, 11) is 3.19. The van der Waals surface area contributed by atoms with Crippen LogP contribution >= 0.6 is 0 Å². The fourth-order valence-electron chi connectivity index (χ4n) is 5.76. The summed E-state index contributed by atoms with van der Waals surface area (Å²) in [6.07, 6.45) is 4.13. The van der Waals surface area contributed by atoms with Gasteiger partial charge in [-0.1, -0.05) is 24.3 Å². The van der Waals surface area contributed by atoms with E-state index in [0.717, 1.165) is 11.1 Å². The summed E-state index contributed by atoms with van der Waals surface area (Å²) in [6, 6.07) is 11.4.